The van der Waals surface area contributed by atoms with E-state index in [1.807, 2.05) is 0 Å². The molecule has 0 rings (SSSR count). The van der Waals surface area contributed by atoms with E-state index in [1.165, 1.54) is 22.9 Å². The summed E-state index contributed by atoms with van der Waals surface area (Å²) < 4.78 is 10.6. The molecule has 0 fully saturated rings. The highest BCUT2D eigenvalue weighted by Gasteiger charge is 1.70. The summed E-state index contributed by atoms with van der Waals surface area (Å²) in [6, 6.07) is 0. The van der Waals surface area contributed by atoms with Crippen molar-refractivity contribution in [2.45, 2.75) is 0 Å². The largest absolute Gasteiger partial charge is 0.248 e. The zero-order valence-electron chi connectivity index (χ0n) is 1.78. The van der Waals surface area contributed by atoms with E-state index in [-0.39, 0.29) is 3.25 Å². The summed E-state index contributed by atoms with van der Waals surface area (Å²) in [5, 5.41) is 0. The molecule has 0 bridgehead atoms. The number of halogens is 2. The summed E-state index contributed by atoms with van der Waals surface area (Å²) in [7, 11) is 4.26. The third-order valence-corrected chi connectivity index (χ3v) is 0. The zero-order valence-corrected chi connectivity index (χ0v) is 3.94. The van der Waals surface area contributed by atoms with E-state index in [1.54, 1.807) is 0 Å². The van der Waals surface area contributed by atoms with Gasteiger partial charge in [-0.15, -0.1) is 7.73 Å². The van der Waals surface area contributed by atoms with Crippen molar-refractivity contribution >= 4 is 30.8 Å². The van der Waals surface area contributed by atoms with Gasteiger partial charge in [0.1, 0.15) is 0 Å². The predicted octanol–water partition coefficient (Wildman–Crippen LogP) is 0.606. The Morgan fingerprint density at radius 3 is 2.00 bits per heavy atom. The number of hydrogen-bond donors (Lipinski definition) is 0. The minimum absolute atomic E-state index is 0.0300. The van der Waals surface area contributed by atoms with E-state index < -0.39 is 0 Å². The maximum absolute atomic E-state index is 10.6. The summed E-state index contributed by atoms with van der Waals surface area (Å²) >= 11 is 1.29. The summed E-state index contributed by atoms with van der Waals surface area (Å²) in [6.07, 6.45) is 0. The molecule has 2 radical (unpaired) electrons. The van der Waals surface area contributed by atoms with Crippen LogP contribution in [0.5, 0.6) is 0 Å². The molecular formula is BFIN. The van der Waals surface area contributed by atoms with Crippen molar-refractivity contribution in [1.29, 1.82) is 0 Å². The minimum atomic E-state index is -0.0300. The van der Waals surface area contributed by atoms with E-state index >= 15 is 0 Å². The van der Waals surface area contributed by atoms with Crippen LogP contribution in [0.3, 0.4) is 0 Å². The highest BCUT2D eigenvalue weighted by atomic mass is 127. The standard InChI is InChI=1S/BFIN/c1-4(2)3. The van der Waals surface area contributed by atoms with Crippen molar-refractivity contribution in [3.05, 3.63) is 0 Å². The van der Waals surface area contributed by atoms with Gasteiger partial charge in [0.2, 0.25) is 7.98 Å². The molecule has 0 aromatic carbocycles. The van der Waals surface area contributed by atoms with E-state index in [2.05, 4.69) is 7.98 Å². The van der Waals surface area contributed by atoms with Gasteiger partial charge in [-0.2, -0.15) is 0 Å². The van der Waals surface area contributed by atoms with Crippen LogP contribution in [0.1, 0.15) is 0 Å². The fraction of sp³-hybridized carbons (Fsp3) is 0. The van der Waals surface area contributed by atoms with Crippen LogP contribution in [0.15, 0.2) is 0 Å². The summed E-state index contributed by atoms with van der Waals surface area (Å²) in [5.41, 5.74) is 0. The highest BCUT2D eigenvalue weighted by Crippen LogP contribution is 1.86. The Kier molecular flexibility index (Phi) is 2.29. The first kappa shape index (κ1) is 4.68. The average Bonchev–Trinajstić information content (AvgIpc) is 0.811. The molecule has 1 nitrogen and oxygen atoms in total. The second-order valence-electron chi connectivity index (χ2n) is 0.259. The number of hydrogen-bond acceptors (Lipinski definition) is 1. The van der Waals surface area contributed by atoms with Crippen LogP contribution in [0.25, 0.3) is 0 Å². The maximum Gasteiger partial charge on any atom is 0.248 e. The number of nitrogens with zero attached hydrogens (tertiary/aromatic N) is 1. The Labute approximate surface area is 39.0 Å². The molecule has 4 heavy (non-hydrogen) atoms. The molecule has 0 saturated carbocycles. The average molecular weight is 171 g/mol. The van der Waals surface area contributed by atoms with Gasteiger partial charge < -0.3 is 0 Å². The fourth-order valence-electron chi connectivity index (χ4n) is 0. The molecule has 0 saturated heterocycles. The smallest absolute Gasteiger partial charge is 0.147 e. The zero-order chi connectivity index (χ0) is 3.58. The minimum Gasteiger partial charge on any atom is -0.147 e. The van der Waals surface area contributed by atoms with Crippen LogP contribution >= 0.6 is 22.9 Å². The first-order valence-corrected chi connectivity index (χ1v) is 1.56. The van der Waals surface area contributed by atoms with Crippen molar-refractivity contribution in [2.24, 2.45) is 0 Å². The Morgan fingerprint density at radius 2 is 2.00 bits per heavy atom. The topological polar surface area (TPSA) is 3.24 Å². The molecule has 0 aliphatic heterocycles. The van der Waals surface area contributed by atoms with E-state index in [0.29, 0.717) is 0 Å². The first-order chi connectivity index (χ1) is 1.73. The maximum atomic E-state index is 10.6. The molecule has 0 spiro atoms. The number of rotatable bonds is 0. The second-order valence-corrected chi connectivity index (χ2v) is 1.18. The van der Waals surface area contributed by atoms with Crippen molar-refractivity contribution in [3.63, 3.8) is 0 Å². The van der Waals surface area contributed by atoms with Crippen molar-refractivity contribution < 1.29 is 4.48 Å². The van der Waals surface area contributed by atoms with Crippen LogP contribution in [0, 0.1) is 0 Å². The van der Waals surface area contributed by atoms with E-state index in [9.17, 15) is 4.48 Å². The van der Waals surface area contributed by atoms with Crippen molar-refractivity contribution in [3.8, 4) is 0 Å². The molecule has 0 aromatic rings. The Morgan fingerprint density at radius 1 is 2.00 bits per heavy atom. The van der Waals surface area contributed by atoms with E-state index in [4.69, 9.17) is 0 Å². The summed E-state index contributed by atoms with van der Waals surface area (Å²) in [6.45, 7) is 0. The molecule has 0 atom stereocenters. The third kappa shape index (κ3) is 16.2. The quantitative estimate of drug-likeness (QED) is 0.293. The molecule has 0 N–H and O–H groups in total. The van der Waals surface area contributed by atoms with Gasteiger partial charge in [0, 0.05) is 22.9 Å². The first-order valence-electron chi connectivity index (χ1n) is 0.596. The highest BCUT2D eigenvalue weighted by molar-refractivity contribution is 14.1. The molecule has 0 aliphatic rings. The van der Waals surface area contributed by atoms with Crippen LogP contribution in [-0.2, 0) is 0 Å². The van der Waals surface area contributed by atoms with Gasteiger partial charge in [-0.1, -0.05) is 0 Å². The van der Waals surface area contributed by atoms with Gasteiger partial charge in [0.05, 0.1) is 0 Å². The Balaban J connectivity index is 2.32. The Bertz CT molecular complexity index is 12.8. The normalized spacial score (nSPS) is 8.75. The van der Waals surface area contributed by atoms with Crippen LogP contribution < -0.4 is 0 Å². The van der Waals surface area contributed by atoms with Crippen LogP contribution in [-0.4, -0.2) is 11.2 Å². The molecule has 0 unspecified atom stereocenters. The molecule has 0 heterocycles. The van der Waals surface area contributed by atoms with Gasteiger partial charge in [0.25, 0.3) is 0 Å². The monoisotopic (exact) mass is 171 g/mol. The molecular weight excluding hydrogens is 171 g/mol. The lowest BCUT2D eigenvalue weighted by molar-refractivity contribution is 0.318. The molecule has 0 aromatic heterocycles. The summed E-state index contributed by atoms with van der Waals surface area (Å²) in [5.74, 6) is 0. The third-order valence-electron chi connectivity index (χ3n) is 0. The van der Waals surface area contributed by atoms with Crippen LogP contribution in [0.4, 0.5) is 4.48 Å². The van der Waals surface area contributed by atoms with Gasteiger partial charge in [-0.05, 0) is 0 Å². The summed E-state index contributed by atoms with van der Waals surface area (Å²) in [4.78, 5) is 0. The lowest BCUT2D eigenvalue weighted by Gasteiger charge is -1.79. The molecule has 22 valence electrons. The SMILES string of the molecule is [B]N(F)I. The van der Waals surface area contributed by atoms with Gasteiger partial charge in [-0.3, -0.25) is 0 Å². The van der Waals surface area contributed by atoms with Crippen molar-refractivity contribution in [2.75, 3.05) is 0 Å². The predicted molar refractivity (Wildman–Crippen MR) is 22.7 cm³/mol. The van der Waals surface area contributed by atoms with Gasteiger partial charge in [0.15, 0.2) is 0 Å². The van der Waals surface area contributed by atoms with Gasteiger partial charge >= 0.3 is 0 Å². The van der Waals surface area contributed by atoms with Gasteiger partial charge in [-0.25, -0.2) is 0 Å². The molecule has 0 amide bonds. The lowest BCUT2D eigenvalue weighted by Crippen LogP contribution is -1.82. The van der Waals surface area contributed by atoms with Crippen molar-refractivity contribution in [1.82, 2.24) is 3.25 Å². The molecule has 4 heteroatoms. The molecule has 0 aliphatic carbocycles. The lowest BCUT2D eigenvalue weighted by atomic mass is 10.5. The Hall–Kier alpha value is 0.685. The van der Waals surface area contributed by atoms with Crippen LogP contribution in [0.2, 0.25) is 0 Å². The van der Waals surface area contributed by atoms with E-state index in [0.717, 1.165) is 0 Å². The fourth-order valence-corrected chi connectivity index (χ4v) is 0. The second kappa shape index (κ2) is 1.96.